The molecule has 9 nitrogen and oxygen atoms in total. The molecule has 30 heavy (non-hydrogen) atoms. The number of hydrogen-bond donors (Lipinski definition) is 4. The summed E-state index contributed by atoms with van der Waals surface area (Å²) >= 11 is 0. The monoisotopic (exact) mass is 426 g/mol. The summed E-state index contributed by atoms with van der Waals surface area (Å²) in [5.41, 5.74) is 5.98. The van der Waals surface area contributed by atoms with E-state index in [9.17, 15) is 24.3 Å². The predicted molar refractivity (Wildman–Crippen MR) is 113 cm³/mol. The van der Waals surface area contributed by atoms with E-state index >= 15 is 0 Å². The maximum Gasteiger partial charge on any atom is 0.326 e. The third-order valence-electron chi connectivity index (χ3n) is 5.41. The maximum absolute atomic E-state index is 12.9. The summed E-state index contributed by atoms with van der Waals surface area (Å²) in [4.78, 5) is 51.3. The van der Waals surface area contributed by atoms with Crippen molar-refractivity contribution in [1.82, 2.24) is 15.5 Å². The maximum atomic E-state index is 12.9. The van der Waals surface area contributed by atoms with E-state index in [1.165, 1.54) is 4.90 Å². The highest BCUT2D eigenvalue weighted by Gasteiger charge is 2.39. The van der Waals surface area contributed by atoms with Crippen LogP contribution in [-0.2, 0) is 19.2 Å². The van der Waals surface area contributed by atoms with Crippen LogP contribution < -0.4 is 16.4 Å². The molecule has 0 aromatic rings. The molecular weight excluding hydrogens is 388 g/mol. The molecule has 0 unspecified atom stereocenters. The number of carbonyl (C=O) groups excluding carboxylic acids is 3. The number of carboxylic acids is 1. The van der Waals surface area contributed by atoms with Crippen LogP contribution in [0.5, 0.6) is 0 Å². The fourth-order valence-corrected chi connectivity index (χ4v) is 3.52. The molecule has 1 heterocycles. The van der Waals surface area contributed by atoms with Crippen LogP contribution in [0.2, 0.25) is 0 Å². The van der Waals surface area contributed by atoms with Crippen LogP contribution in [0.1, 0.15) is 60.8 Å². The summed E-state index contributed by atoms with van der Waals surface area (Å²) in [6.07, 6.45) is 1.47. The number of amides is 3. The first kappa shape index (κ1) is 25.9. The third-order valence-corrected chi connectivity index (χ3v) is 5.41. The van der Waals surface area contributed by atoms with Crippen LogP contribution in [0.15, 0.2) is 0 Å². The Morgan fingerprint density at radius 2 is 1.63 bits per heavy atom. The number of rotatable bonds is 10. The van der Waals surface area contributed by atoms with Crippen molar-refractivity contribution in [3.05, 3.63) is 0 Å². The molecule has 0 aromatic heterocycles. The Morgan fingerprint density at radius 3 is 2.10 bits per heavy atom. The number of nitrogens with zero attached hydrogens (tertiary/aromatic N) is 1. The molecule has 0 aromatic carbocycles. The molecular formula is C21H38N4O5. The average molecular weight is 427 g/mol. The lowest BCUT2D eigenvalue weighted by Gasteiger charge is -2.30. The van der Waals surface area contributed by atoms with Gasteiger partial charge in [0.25, 0.3) is 0 Å². The fraction of sp³-hybridized carbons (Fsp3) is 0.810. The van der Waals surface area contributed by atoms with Crippen LogP contribution in [-0.4, -0.2) is 64.4 Å². The lowest BCUT2D eigenvalue weighted by molar-refractivity contribution is -0.144. The molecule has 1 rings (SSSR count). The van der Waals surface area contributed by atoms with Gasteiger partial charge in [-0.25, -0.2) is 4.79 Å². The first-order valence-corrected chi connectivity index (χ1v) is 10.8. The summed E-state index contributed by atoms with van der Waals surface area (Å²) in [7, 11) is 0. The molecule has 5 N–H and O–H groups in total. The van der Waals surface area contributed by atoms with Gasteiger partial charge in [0, 0.05) is 6.54 Å². The van der Waals surface area contributed by atoms with Gasteiger partial charge in [-0.2, -0.15) is 0 Å². The van der Waals surface area contributed by atoms with Gasteiger partial charge in [-0.05, 0) is 37.0 Å². The Balaban J connectivity index is 2.89. The van der Waals surface area contributed by atoms with Crippen LogP contribution >= 0.6 is 0 Å². The molecule has 1 fully saturated rings. The molecule has 0 radical (unpaired) electrons. The Hall–Kier alpha value is -2.16. The lowest BCUT2D eigenvalue weighted by Crippen LogP contribution is -2.58. The second-order valence-corrected chi connectivity index (χ2v) is 9.22. The second kappa shape index (κ2) is 11.3. The summed E-state index contributed by atoms with van der Waals surface area (Å²) in [5, 5.41) is 14.6. The van der Waals surface area contributed by atoms with E-state index in [4.69, 9.17) is 5.73 Å². The number of hydrogen-bond acceptors (Lipinski definition) is 5. The Morgan fingerprint density at radius 1 is 1.03 bits per heavy atom. The molecule has 1 aliphatic rings. The van der Waals surface area contributed by atoms with Gasteiger partial charge in [0.2, 0.25) is 17.7 Å². The quantitative estimate of drug-likeness (QED) is 0.405. The molecule has 0 aliphatic carbocycles. The van der Waals surface area contributed by atoms with E-state index < -0.39 is 42.0 Å². The predicted octanol–water partition coefficient (Wildman–Crippen LogP) is 0.717. The highest BCUT2D eigenvalue weighted by Crippen LogP contribution is 2.20. The molecule has 172 valence electrons. The van der Waals surface area contributed by atoms with E-state index in [2.05, 4.69) is 10.6 Å². The standard InChI is InChI=1S/C21H38N4O5/c1-11(2)10-14(21(29)30)23-19(27)17(13(5)6)24-18(26)15-8-7-9-25(15)20(28)16(22)12(3)4/h11-17H,7-10,22H2,1-6H3,(H,23,27)(H,24,26)(H,29,30)/t14-,15-,16-,17-/m0/s1. The van der Waals surface area contributed by atoms with E-state index in [1.807, 2.05) is 27.7 Å². The van der Waals surface area contributed by atoms with Gasteiger partial charge in [0.15, 0.2) is 0 Å². The third kappa shape index (κ3) is 6.97. The van der Waals surface area contributed by atoms with Gasteiger partial charge in [-0.3, -0.25) is 14.4 Å². The van der Waals surface area contributed by atoms with Crippen molar-refractivity contribution in [2.75, 3.05) is 6.54 Å². The minimum atomic E-state index is -1.11. The number of nitrogens with one attached hydrogen (secondary N) is 2. The first-order valence-electron chi connectivity index (χ1n) is 10.8. The highest BCUT2D eigenvalue weighted by atomic mass is 16.4. The number of likely N-dealkylation sites (tertiary alicyclic amines) is 1. The zero-order valence-corrected chi connectivity index (χ0v) is 19.0. The molecule has 3 amide bonds. The molecule has 1 aliphatic heterocycles. The smallest absolute Gasteiger partial charge is 0.326 e. The molecule has 1 saturated heterocycles. The van der Waals surface area contributed by atoms with Crippen LogP contribution in [0.4, 0.5) is 0 Å². The van der Waals surface area contributed by atoms with Crippen molar-refractivity contribution in [3.8, 4) is 0 Å². The van der Waals surface area contributed by atoms with Crippen LogP contribution in [0, 0.1) is 17.8 Å². The summed E-state index contributed by atoms with van der Waals surface area (Å²) in [6, 6.07) is -3.29. The van der Waals surface area contributed by atoms with E-state index in [0.717, 1.165) is 0 Å². The van der Waals surface area contributed by atoms with Gasteiger partial charge in [-0.1, -0.05) is 41.5 Å². The zero-order valence-electron chi connectivity index (χ0n) is 19.0. The number of nitrogens with two attached hydrogens (primary N) is 1. The number of aliphatic carboxylic acids is 1. The Kier molecular flexibility index (Phi) is 9.74. The first-order chi connectivity index (χ1) is 13.9. The van der Waals surface area contributed by atoms with Crippen molar-refractivity contribution in [3.63, 3.8) is 0 Å². The summed E-state index contributed by atoms with van der Waals surface area (Å²) in [6.45, 7) is 11.4. The number of carbonyl (C=O) groups is 4. The highest BCUT2D eigenvalue weighted by molar-refractivity contribution is 5.94. The van der Waals surface area contributed by atoms with Crippen LogP contribution in [0.3, 0.4) is 0 Å². The van der Waals surface area contributed by atoms with Crippen LogP contribution in [0.25, 0.3) is 0 Å². The van der Waals surface area contributed by atoms with Crippen molar-refractivity contribution in [2.24, 2.45) is 23.5 Å². The Labute approximate surface area is 179 Å². The fourth-order valence-electron chi connectivity index (χ4n) is 3.52. The molecule has 9 heteroatoms. The summed E-state index contributed by atoms with van der Waals surface area (Å²) < 4.78 is 0. The van der Waals surface area contributed by atoms with Gasteiger partial charge < -0.3 is 26.4 Å². The van der Waals surface area contributed by atoms with E-state index in [-0.39, 0.29) is 30.1 Å². The normalized spacial score (nSPS) is 19.7. The SMILES string of the molecule is CC(C)C[C@H](NC(=O)[C@@H](NC(=O)[C@@H]1CCCN1C(=O)[C@@H](N)C(C)C)C(C)C)C(=O)O. The molecule has 0 spiro atoms. The molecule has 0 saturated carbocycles. The van der Waals surface area contributed by atoms with Gasteiger partial charge in [0.1, 0.15) is 18.1 Å². The van der Waals surface area contributed by atoms with Crippen molar-refractivity contribution >= 4 is 23.7 Å². The summed E-state index contributed by atoms with van der Waals surface area (Å²) in [5.74, 6) is -2.56. The van der Waals surface area contributed by atoms with Gasteiger partial charge in [-0.15, -0.1) is 0 Å². The molecule has 4 atom stereocenters. The second-order valence-electron chi connectivity index (χ2n) is 9.22. The number of carboxylic acid groups (broad SMARTS) is 1. The minimum absolute atomic E-state index is 0.0510. The minimum Gasteiger partial charge on any atom is -0.480 e. The Bertz CT molecular complexity index is 635. The van der Waals surface area contributed by atoms with Gasteiger partial charge >= 0.3 is 5.97 Å². The average Bonchev–Trinajstić information content (AvgIpc) is 3.12. The topological polar surface area (TPSA) is 142 Å². The van der Waals surface area contributed by atoms with Crippen molar-refractivity contribution in [2.45, 2.75) is 85.0 Å². The van der Waals surface area contributed by atoms with Crippen molar-refractivity contribution in [1.29, 1.82) is 0 Å². The van der Waals surface area contributed by atoms with Gasteiger partial charge in [0.05, 0.1) is 6.04 Å². The van der Waals surface area contributed by atoms with Crippen molar-refractivity contribution < 1.29 is 24.3 Å². The van der Waals surface area contributed by atoms with E-state index in [0.29, 0.717) is 19.4 Å². The lowest BCUT2D eigenvalue weighted by atomic mass is 9.99. The molecule has 0 bridgehead atoms. The zero-order chi connectivity index (χ0) is 23.2. The van der Waals surface area contributed by atoms with E-state index in [1.54, 1.807) is 13.8 Å². The largest absolute Gasteiger partial charge is 0.480 e.